The summed E-state index contributed by atoms with van der Waals surface area (Å²) in [4.78, 5) is 22.4. The van der Waals surface area contributed by atoms with Gasteiger partial charge in [0.15, 0.2) is 0 Å². The summed E-state index contributed by atoms with van der Waals surface area (Å²) >= 11 is 1.65. The van der Waals surface area contributed by atoms with Gasteiger partial charge in [-0.1, -0.05) is 11.8 Å². The summed E-state index contributed by atoms with van der Waals surface area (Å²) in [6, 6.07) is 8.15. The number of ether oxygens (including phenoxy) is 1. The second-order valence-corrected chi connectivity index (χ2v) is 10.3. The number of carboxylic acids is 1. The van der Waals surface area contributed by atoms with Crippen molar-refractivity contribution in [1.29, 1.82) is 0 Å². The van der Waals surface area contributed by atoms with Gasteiger partial charge in [0.1, 0.15) is 12.0 Å². The standard InChI is InChI=1S/C27H35N3O4S/c1-33-23-7-8-25-24(18-23)21(10-12-28-25)5-2-4-20-11-15-30(19-22(20)6-9-26(31)32)14-3-17-35-27-29-13-16-34-27/h7-8,10,12-13,16,18,20,22H,2-6,9,11,14-15,17,19H2,1H3,(H,31,32)/t20-,22+/m1/s1. The van der Waals surface area contributed by atoms with Crippen molar-refractivity contribution in [3.8, 4) is 5.75 Å². The summed E-state index contributed by atoms with van der Waals surface area (Å²) < 4.78 is 10.7. The average Bonchev–Trinajstić information content (AvgIpc) is 3.39. The van der Waals surface area contributed by atoms with E-state index in [1.807, 2.05) is 18.3 Å². The van der Waals surface area contributed by atoms with Crippen LogP contribution in [0.25, 0.3) is 10.9 Å². The first-order chi connectivity index (χ1) is 17.1. The summed E-state index contributed by atoms with van der Waals surface area (Å²) in [7, 11) is 1.69. The molecule has 0 bridgehead atoms. The molecule has 0 unspecified atom stereocenters. The molecule has 35 heavy (non-hydrogen) atoms. The van der Waals surface area contributed by atoms with Crippen LogP contribution in [-0.2, 0) is 11.2 Å². The van der Waals surface area contributed by atoms with Crippen molar-refractivity contribution < 1.29 is 19.1 Å². The number of rotatable bonds is 13. The van der Waals surface area contributed by atoms with Gasteiger partial charge in [0.05, 0.1) is 18.8 Å². The number of piperidine rings is 1. The molecular formula is C27H35N3O4S. The van der Waals surface area contributed by atoms with Gasteiger partial charge in [-0.3, -0.25) is 9.78 Å². The molecule has 7 nitrogen and oxygen atoms in total. The van der Waals surface area contributed by atoms with Crippen LogP contribution in [0.5, 0.6) is 5.75 Å². The van der Waals surface area contributed by atoms with Crippen molar-refractivity contribution in [3.63, 3.8) is 0 Å². The number of thioether (sulfide) groups is 1. The number of pyridine rings is 1. The highest BCUT2D eigenvalue weighted by Gasteiger charge is 2.29. The highest BCUT2D eigenvalue weighted by Crippen LogP contribution is 2.32. The molecule has 0 amide bonds. The largest absolute Gasteiger partial charge is 0.497 e. The Hall–Kier alpha value is -2.58. The first kappa shape index (κ1) is 25.5. The van der Waals surface area contributed by atoms with E-state index in [-0.39, 0.29) is 6.42 Å². The quantitative estimate of drug-likeness (QED) is 0.243. The second-order valence-electron chi connectivity index (χ2n) is 9.29. The van der Waals surface area contributed by atoms with Crippen molar-refractivity contribution in [3.05, 3.63) is 48.5 Å². The van der Waals surface area contributed by atoms with Crippen LogP contribution in [0.1, 0.15) is 44.1 Å². The van der Waals surface area contributed by atoms with Gasteiger partial charge in [0.2, 0.25) is 0 Å². The number of aliphatic carboxylic acids is 1. The minimum absolute atomic E-state index is 0.254. The molecule has 1 N–H and O–H groups in total. The molecule has 1 aliphatic heterocycles. The van der Waals surface area contributed by atoms with Gasteiger partial charge < -0.3 is 19.2 Å². The summed E-state index contributed by atoms with van der Waals surface area (Å²) in [5, 5.41) is 11.2. The number of aromatic nitrogens is 2. The highest BCUT2D eigenvalue weighted by atomic mass is 32.2. The molecule has 3 aromatic rings. The highest BCUT2D eigenvalue weighted by molar-refractivity contribution is 7.99. The fraction of sp³-hybridized carbons (Fsp3) is 0.519. The lowest BCUT2D eigenvalue weighted by molar-refractivity contribution is -0.137. The van der Waals surface area contributed by atoms with Gasteiger partial charge >= 0.3 is 5.97 Å². The number of fused-ring (bicyclic) bond motifs is 1. The van der Waals surface area contributed by atoms with Gasteiger partial charge in [-0.25, -0.2) is 4.98 Å². The zero-order chi connectivity index (χ0) is 24.5. The third kappa shape index (κ3) is 7.45. The predicted molar refractivity (Wildman–Crippen MR) is 138 cm³/mol. The third-order valence-electron chi connectivity index (χ3n) is 7.02. The number of hydrogen-bond donors (Lipinski definition) is 1. The van der Waals surface area contributed by atoms with E-state index in [1.54, 1.807) is 31.3 Å². The van der Waals surface area contributed by atoms with Crippen molar-refractivity contribution in [2.45, 2.75) is 50.2 Å². The van der Waals surface area contributed by atoms with Crippen LogP contribution in [0.2, 0.25) is 0 Å². The van der Waals surface area contributed by atoms with E-state index in [2.05, 4.69) is 27.0 Å². The zero-order valence-corrected chi connectivity index (χ0v) is 21.2. The topological polar surface area (TPSA) is 88.7 Å². The van der Waals surface area contributed by atoms with Crippen LogP contribution in [-0.4, -0.2) is 58.4 Å². The Kier molecular flexibility index (Phi) is 9.42. The molecule has 4 rings (SSSR count). The van der Waals surface area contributed by atoms with Crippen LogP contribution < -0.4 is 4.74 Å². The monoisotopic (exact) mass is 497 g/mol. The van der Waals surface area contributed by atoms with Crippen molar-refractivity contribution in [1.82, 2.24) is 14.9 Å². The summed E-state index contributed by atoms with van der Waals surface area (Å²) in [6.07, 6.45) is 11.6. The Morgan fingerprint density at radius 2 is 2.11 bits per heavy atom. The first-order valence-electron chi connectivity index (χ1n) is 12.5. The molecule has 2 atom stereocenters. The number of likely N-dealkylation sites (tertiary alicyclic amines) is 1. The Bertz CT molecular complexity index is 1080. The number of oxazole rings is 1. The van der Waals surface area contributed by atoms with E-state index in [0.29, 0.717) is 11.8 Å². The molecule has 1 aromatic carbocycles. The molecule has 1 aliphatic rings. The molecular weight excluding hydrogens is 462 g/mol. The van der Waals surface area contributed by atoms with Crippen molar-refractivity contribution in [2.75, 3.05) is 32.5 Å². The second kappa shape index (κ2) is 12.9. The van der Waals surface area contributed by atoms with E-state index in [9.17, 15) is 9.90 Å². The Balaban J connectivity index is 1.29. The summed E-state index contributed by atoms with van der Waals surface area (Å²) in [5.41, 5.74) is 2.30. The average molecular weight is 498 g/mol. The maximum absolute atomic E-state index is 11.3. The number of aryl methyl sites for hydroxylation is 1. The fourth-order valence-corrected chi connectivity index (χ4v) is 5.89. The number of benzene rings is 1. The van der Waals surface area contributed by atoms with E-state index in [4.69, 9.17) is 9.15 Å². The Labute approximate surface area is 211 Å². The number of carbonyl (C=O) groups is 1. The SMILES string of the molecule is COc1ccc2nccc(CCC[C@@H]3CCN(CCCSc4ncco4)C[C@@H]3CCC(=O)O)c2c1. The molecule has 1 fully saturated rings. The lowest BCUT2D eigenvalue weighted by Crippen LogP contribution is -2.41. The van der Waals surface area contributed by atoms with Crippen LogP contribution in [0.15, 0.2) is 52.6 Å². The minimum atomic E-state index is -0.694. The molecule has 8 heteroatoms. The lowest BCUT2D eigenvalue weighted by Gasteiger charge is -2.39. The molecule has 1 saturated heterocycles. The van der Waals surface area contributed by atoms with Crippen LogP contribution in [0.3, 0.4) is 0 Å². The smallest absolute Gasteiger partial charge is 0.303 e. The van der Waals surface area contributed by atoms with Gasteiger partial charge in [-0.15, -0.1) is 0 Å². The van der Waals surface area contributed by atoms with Gasteiger partial charge in [-0.2, -0.15) is 0 Å². The fourth-order valence-electron chi connectivity index (χ4n) is 5.19. The molecule has 0 radical (unpaired) electrons. The normalized spacial score (nSPS) is 18.7. The number of methoxy groups -OCH3 is 1. The molecule has 0 saturated carbocycles. The van der Waals surface area contributed by atoms with Gasteiger partial charge in [0, 0.05) is 30.3 Å². The van der Waals surface area contributed by atoms with E-state index in [0.717, 1.165) is 85.8 Å². The van der Waals surface area contributed by atoms with Crippen LogP contribution in [0.4, 0.5) is 0 Å². The molecule has 0 spiro atoms. The number of nitrogens with zero attached hydrogens (tertiary/aromatic N) is 3. The van der Waals surface area contributed by atoms with E-state index >= 15 is 0 Å². The maximum atomic E-state index is 11.3. The lowest BCUT2D eigenvalue weighted by atomic mass is 9.79. The number of carboxylic acid groups (broad SMARTS) is 1. The summed E-state index contributed by atoms with van der Waals surface area (Å²) in [6.45, 7) is 3.12. The van der Waals surface area contributed by atoms with Crippen molar-refractivity contribution in [2.24, 2.45) is 11.8 Å². The third-order valence-corrected chi connectivity index (χ3v) is 7.96. The molecule has 2 aromatic heterocycles. The van der Waals surface area contributed by atoms with E-state index < -0.39 is 5.97 Å². The van der Waals surface area contributed by atoms with Gasteiger partial charge in [0.25, 0.3) is 5.22 Å². The molecule has 0 aliphatic carbocycles. The van der Waals surface area contributed by atoms with Crippen LogP contribution in [0, 0.1) is 11.8 Å². The summed E-state index contributed by atoms with van der Waals surface area (Å²) in [5.74, 6) is 2.15. The van der Waals surface area contributed by atoms with E-state index in [1.165, 1.54) is 5.56 Å². The maximum Gasteiger partial charge on any atom is 0.303 e. The Morgan fingerprint density at radius 1 is 1.20 bits per heavy atom. The van der Waals surface area contributed by atoms with Crippen LogP contribution >= 0.6 is 11.8 Å². The minimum Gasteiger partial charge on any atom is -0.497 e. The van der Waals surface area contributed by atoms with Gasteiger partial charge in [-0.05, 0) is 93.3 Å². The zero-order valence-electron chi connectivity index (χ0n) is 20.4. The number of hydrogen-bond acceptors (Lipinski definition) is 7. The molecule has 188 valence electrons. The predicted octanol–water partition coefficient (Wildman–Crippen LogP) is 5.54. The Morgan fingerprint density at radius 3 is 2.91 bits per heavy atom. The molecule has 3 heterocycles. The van der Waals surface area contributed by atoms with Crippen molar-refractivity contribution >= 4 is 28.6 Å². The first-order valence-corrected chi connectivity index (χ1v) is 13.5.